The van der Waals surface area contributed by atoms with E-state index in [4.69, 9.17) is 4.74 Å². The molecule has 2 aliphatic rings. The maximum atomic E-state index is 13.3. The fourth-order valence-corrected chi connectivity index (χ4v) is 5.57. The number of nitrogens with zero attached hydrogens (tertiary/aromatic N) is 2. The first-order valence-corrected chi connectivity index (χ1v) is 14.2. The van der Waals surface area contributed by atoms with Gasteiger partial charge in [-0.3, -0.25) is 19.4 Å². The number of amides is 2. The third kappa shape index (κ3) is 8.24. The van der Waals surface area contributed by atoms with Gasteiger partial charge in [-0.25, -0.2) is 4.39 Å². The highest BCUT2D eigenvalue weighted by Gasteiger charge is 2.31. The number of carboxylic acids is 1. The lowest BCUT2D eigenvalue weighted by Gasteiger charge is -2.33. The number of hydrogen-bond donors (Lipinski definition) is 3. The van der Waals surface area contributed by atoms with E-state index in [1.165, 1.54) is 0 Å². The Balaban J connectivity index is 1.42. The van der Waals surface area contributed by atoms with Crippen LogP contribution in [0.1, 0.15) is 56.6 Å². The van der Waals surface area contributed by atoms with Crippen molar-refractivity contribution in [3.05, 3.63) is 48.3 Å². The predicted molar refractivity (Wildman–Crippen MR) is 148 cm³/mol. The Morgan fingerprint density at radius 2 is 1.98 bits per heavy atom. The van der Waals surface area contributed by atoms with Gasteiger partial charge in [0.2, 0.25) is 11.8 Å². The van der Waals surface area contributed by atoms with Crippen LogP contribution in [0.3, 0.4) is 0 Å². The number of hydrogen-bond acceptors (Lipinski definition) is 6. The van der Waals surface area contributed by atoms with E-state index in [0.29, 0.717) is 54.3 Å². The van der Waals surface area contributed by atoms with Crippen LogP contribution in [-0.2, 0) is 14.4 Å². The van der Waals surface area contributed by atoms with Crippen molar-refractivity contribution in [1.29, 1.82) is 0 Å². The van der Waals surface area contributed by atoms with Gasteiger partial charge >= 0.3 is 5.97 Å². The number of rotatable bonds is 12. The maximum Gasteiger partial charge on any atom is 0.305 e. The number of carbonyl (C=O) groups is 3. The van der Waals surface area contributed by atoms with Gasteiger partial charge in [0.25, 0.3) is 0 Å². The molecule has 3 heterocycles. The smallest absolute Gasteiger partial charge is 0.305 e. The van der Waals surface area contributed by atoms with Gasteiger partial charge in [0.15, 0.2) is 0 Å². The Labute approximate surface area is 234 Å². The zero-order chi connectivity index (χ0) is 28.3. The Morgan fingerprint density at radius 3 is 2.75 bits per heavy atom. The molecule has 0 saturated carbocycles. The van der Waals surface area contributed by atoms with Crippen LogP contribution in [0.25, 0.3) is 11.1 Å². The fourth-order valence-electron chi connectivity index (χ4n) is 5.57. The minimum absolute atomic E-state index is 0.0825. The average molecular weight is 555 g/mol. The van der Waals surface area contributed by atoms with Crippen LogP contribution in [-0.4, -0.2) is 72.2 Å². The van der Waals surface area contributed by atoms with Crippen LogP contribution in [0.5, 0.6) is 5.75 Å². The Morgan fingerprint density at radius 1 is 1.18 bits per heavy atom. The van der Waals surface area contributed by atoms with Crippen molar-refractivity contribution in [3.63, 3.8) is 0 Å². The number of piperidine rings is 2. The molecular weight excluding hydrogens is 515 g/mol. The van der Waals surface area contributed by atoms with E-state index in [0.717, 1.165) is 38.8 Å². The molecule has 40 heavy (non-hydrogen) atoms. The molecular formula is C30H39FN4O5. The van der Waals surface area contributed by atoms with Gasteiger partial charge in [0.1, 0.15) is 19.0 Å². The first-order chi connectivity index (χ1) is 19.4. The molecule has 2 unspecified atom stereocenters. The third-order valence-corrected chi connectivity index (χ3v) is 7.76. The van der Waals surface area contributed by atoms with Gasteiger partial charge in [0.05, 0.1) is 18.4 Å². The summed E-state index contributed by atoms with van der Waals surface area (Å²) in [6.45, 7) is 2.28. The first kappa shape index (κ1) is 29.5. The molecule has 0 bridgehead atoms. The first-order valence-electron chi connectivity index (χ1n) is 14.2. The molecule has 216 valence electrons. The number of aliphatic carboxylic acids is 1. The molecule has 0 radical (unpaired) electrons. The highest BCUT2D eigenvalue weighted by molar-refractivity contribution is 5.82. The minimum atomic E-state index is -1.05. The summed E-state index contributed by atoms with van der Waals surface area (Å²) >= 11 is 0. The maximum absolute atomic E-state index is 13.3. The lowest BCUT2D eigenvalue weighted by molar-refractivity contribution is -0.138. The third-order valence-electron chi connectivity index (χ3n) is 7.76. The van der Waals surface area contributed by atoms with Crippen molar-refractivity contribution >= 4 is 17.8 Å². The van der Waals surface area contributed by atoms with Gasteiger partial charge in [0, 0.05) is 43.0 Å². The van der Waals surface area contributed by atoms with E-state index in [-0.39, 0.29) is 24.8 Å². The summed E-state index contributed by atoms with van der Waals surface area (Å²) in [6.07, 6.45) is 7.77. The largest absolute Gasteiger partial charge is 0.490 e. The highest BCUT2D eigenvalue weighted by atomic mass is 19.1. The van der Waals surface area contributed by atoms with E-state index in [1.54, 1.807) is 35.5 Å². The molecule has 0 aliphatic carbocycles. The van der Waals surface area contributed by atoms with Crippen LogP contribution in [0, 0.1) is 11.8 Å². The predicted octanol–water partition coefficient (Wildman–Crippen LogP) is 3.75. The molecule has 3 N–H and O–H groups in total. The zero-order valence-electron chi connectivity index (χ0n) is 22.8. The van der Waals surface area contributed by atoms with E-state index < -0.39 is 24.6 Å². The standard InChI is InChI=1S/C30H39FN4O5/c31-11-15-40-27-6-2-1-5-25(27)23-16-24(19-33-18-23)26(17-29(37)38)34-30(39)22-4-3-14-35(20-22)28(36)8-7-21-9-12-32-13-10-21/h1-2,5-6,16,18-19,21-22,26,32H,3-4,7-15,17,20H2,(H,34,39)(H,37,38). The molecule has 9 nitrogen and oxygen atoms in total. The number of pyridine rings is 1. The summed E-state index contributed by atoms with van der Waals surface area (Å²) in [6, 6.07) is 8.13. The quantitative estimate of drug-likeness (QED) is 0.365. The summed E-state index contributed by atoms with van der Waals surface area (Å²) < 4.78 is 18.2. The lowest BCUT2D eigenvalue weighted by atomic mass is 9.92. The van der Waals surface area contributed by atoms with Crippen molar-refractivity contribution in [2.75, 3.05) is 39.5 Å². The second kappa shape index (κ2) is 14.7. The van der Waals surface area contributed by atoms with Crippen molar-refractivity contribution in [3.8, 4) is 16.9 Å². The molecule has 10 heteroatoms. The number of para-hydroxylation sites is 1. The average Bonchev–Trinajstić information content (AvgIpc) is 2.99. The summed E-state index contributed by atoms with van der Waals surface area (Å²) in [5.41, 5.74) is 1.90. The fraction of sp³-hybridized carbons (Fsp3) is 0.533. The molecule has 2 aliphatic heterocycles. The van der Waals surface area contributed by atoms with Crippen molar-refractivity contribution in [1.82, 2.24) is 20.5 Å². The van der Waals surface area contributed by atoms with E-state index in [1.807, 2.05) is 12.1 Å². The van der Waals surface area contributed by atoms with E-state index >= 15 is 0 Å². The molecule has 0 spiro atoms. The summed E-state index contributed by atoms with van der Waals surface area (Å²) in [5, 5.41) is 15.9. The monoisotopic (exact) mass is 554 g/mol. The number of halogens is 1. The molecule has 1 aromatic heterocycles. The molecule has 1 aromatic carbocycles. The SMILES string of the molecule is O=C(O)CC(NC(=O)C1CCCN(C(=O)CCC2CCNCC2)C1)c1cncc(-c2ccccc2OCCF)c1. The Bertz CT molecular complexity index is 1160. The Hall–Kier alpha value is -3.53. The second-order valence-electron chi connectivity index (χ2n) is 10.6. The molecule has 2 atom stereocenters. The van der Waals surface area contributed by atoms with Gasteiger partial charge in [-0.2, -0.15) is 0 Å². The Kier molecular flexibility index (Phi) is 10.9. The molecule has 2 aromatic rings. The van der Waals surface area contributed by atoms with Crippen LogP contribution in [0.15, 0.2) is 42.7 Å². The van der Waals surface area contributed by atoms with Gasteiger partial charge in [-0.1, -0.05) is 18.2 Å². The van der Waals surface area contributed by atoms with Crippen LogP contribution >= 0.6 is 0 Å². The number of ether oxygens (including phenoxy) is 1. The molecule has 2 fully saturated rings. The summed E-state index contributed by atoms with van der Waals surface area (Å²) in [7, 11) is 0. The van der Waals surface area contributed by atoms with Gasteiger partial charge in [-0.05, 0) is 68.8 Å². The van der Waals surface area contributed by atoms with Crippen LogP contribution < -0.4 is 15.4 Å². The zero-order valence-corrected chi connectivity index (χ0v) is 22.8. The van der Waals surface area contributed by atoms with E-state index in [9.17, 15) is 23.9 Å². The number of alkyl halides is 1. The highest BCUT2D eigenvalue weighted by Crippen LogP contribution is 2.32. The number of carbonyl (C=O) groups excluding carboxylic acids is 2. The van der Waals surface area contributed by atoms with Crippen molar-refractivity contribution in [2.45, 2.75) is 51.0 Å². The topological polar surface area (TPSA) is 121 Å². The summed E-state index contributed by atoms with van der Waals surface area (Å²) in [4.78, 5) is 44.1. The summed E-state index contributed by atoms with van der Waals surface area (Å²) in [5.74, 6) is -0.579. The number of aromatic nitrogens is 1. The number of benzene rings is 1. The molecule has 2 amide bonds. The lowest BCUT2D eigenvalue weighted by Crippen LogP contribution is -2.46. The van der Waals surface area contributed by atoms with Crippen molar-refractivity contribution < 1.29 is 28.6 Å². The second-order valence-corrected chi connectivity index (χ2v) is 10.6. The number of carboxylic acid groups (broad SMARTS) is 1. The molecule has 2 saturated heterocycles. The number of likely N-dealkylation sites (tertiary alicyclic amines) is 1. The van der Waals surface area contributed by atoms with Crippen LogP contribution in [0.4, 0.5) is 4.39 Å². The van der Waals surface area contributed by atoms with Crippen LogP contribution in [0.2, 0.25) is 0 Å². The van der Waals surface area contributed by atoms with Crippen molar-refractivity contribution in [2.24, 2.45) is 11.8 Å². The normalized spacial score (nSPS) is 18.6. The number of nitrogens with one attached hydrogen (secondary N) is 2. The molecule has 4 rings (SSSR count). The minimum Gasteiger partial charge on any atom is -0.490 e. The van der Waals surface area contributed by atoms with Gasteiger partial charge in [-0.15, -0.1) is 0 Å². The van der Waals surface area contributed by atoms with Gasteiger partial charge < -0.3 is 25.4 Å². The van der Waals surface area contributed by atoms with E-state index in [2.05, 4.69) is 15.6 Å².